The lowest BCUT2D eigenvalue weighted by Gasteiger charge is -2.41. The summed E-state index contributed by atoms with van der Waals surface area (Å²) in [5.41, 5.74) is 1.18. The number of aliphatic hydroxyl groups is 1. The summed E-state index contributed by atoms with van der Waals surface area (Å²) < 4.78 is 12.4. The number of nitrogens with one attached hydrogen (secondary N) is 1. The predicted molar refractivity (Wildman–Crippen MR) is 175 cm³/mol. The van der Waals surface area contributed by atoms with Crippen molar-refractivity contribution < 1.29 is 33.8 Å². The number of hydrogen-bond donors (Lipinski definition) is 2. The molecule has 45 heavy (non-hydrogen) atoms. The third-order valence-corrected chi connectivity index (χ3v) is 10.2. The first-order chi connectivity index (χ1) is 21.3. The molecule has 3 aliphatic rings. The summed E-state index contributed by atoms with van der Waals surface area (Å²) in [6.45, 7) is 16.8. The molecule has 0 aliphatic carbocycles. The minimum atomic E-state index is -1.32. The lowest BCUT2D eigenvalue weighted by Crippen LogP contribution is -2.60. The van der Waals surface area contributed by atoms with Gasteiger partial charge in [0.2, 0.25) is 11.8 Å². The summed E-state index contributed by atoms with van der Waals surface area (Å²) in [6, 6.07) is 3.99. The summed E-state index contributed by atoms with van der Waals surface area (Å²) in [5, 5.41) is 13.3. The number of alkyl halides is 1. The van der Waals surface area contributed by atoms with Gasteiger partial charge in [0, 0.05) is 23.5 Å². The average molecular weight is 689 g/mol. The van der Waals surface area contributed by atoms with E-state index in [2.05, 4.69) is 34.4 Å². The molecule has 3 aliphatic heterocycles. The number of allylic oxidation sites excluding steroid dienone is 1. The van der Waals surface area contributed by atoms with Crippen LogP contribution in [0, 0.1) is 31.6 Å². The Hall–Kier alpha value is -3.02. The molecule has 3 saturated heterocycles. The monoisotopic (exact) mass is 687 g/mol. The Labute approximate surface area is 274 Å². The van der Waals surface area contributed by atoms with Crippen LogP contribution in [-0.4, -0.2) is 88.1 Å². The molecule has 2 N–H and O–H groups in total. The highest BCUT2D eigenvalue weighted by Gasteiger charge is 2.77. The quantitative estimate of drug-likeness (QED) is 0.174. The van der Waals surface area contributed by atoms with Gasteiger partial charge in [0.1, 0.15) is 17.7 Å². The minimum absolute atomic E-state index is 0.112. The van der Waals surface area contributed by atoms with Gasteiger partial charge in [-0.3, -0.25) is 19.2 Å². The first-order valence-electron chi connectivity index (χ1n) is 15.7. The van der Waals surface area contributed by atoms with Gasteiger partial charge in [0.15, 0.2) is 0 Å². The van der Waals surface area contributed by atoms with E-state index in [1.54, 1.807) is 24.0 Å². The fourth-order valence-electron chi connectivity index (χ4n) is 7.29. The number of benzene rings is 1. The predicted octanol–water partition coefficient (Wildman–Crippen LogP) is 3.60. The molecule has 1 spiro atoms. The van der Waals surface area contributed by atoms with E-state index in [-0.39, 0.29) is 48.7 Å². The summed E-state index contributed by atoms with van der Waals surface area (Å²) in [7, 11) is 0. The third-order valence-electron chi connectivity index (χ3n) is 9.31. The number of para-hydroxylation sites is 1. The maximum absolute atomic E-state index is 14.9. The smallest absolute Gasteiger partial charge is 0.312 e. The van der Waals surface area contributed by atoms with Crippen molar-refractivity contribution in [3.8, 4) is 0 Å². The zero-order valence-electron chi connectivity index (χ0n) is 26.8. The van der Waals surface area contributed by atoms with Crippen LogP contribution in [0.4, 0.5) is 5.69 Å². The summed E-state index contributed by atoms with van der Waals surface area (Å²) in [4.78, 5) is 58.1. The Balaban J connectivity index is 1.72. The second kappa shape index (κ2) is 14.2. The van der Waals surface area contributed by atoms with Crippen molar-refractivity contribution in [3.63, 3.8) is 0 Å². The first kappa shape index (κ1) is 34.8. The molecule has 0 aromatic heterocycles. The molecule has 8 atom stereocenters. The lowest BCUT2D eigenvalue weighted by molar-refractivity contribution is -0.159. The number of ether oxygens (including phenoxy) is 2. The Morgan fingerprint density at radius 3 is 2.47 bits per heavy atom. The van der Waals surface area contributed by atoms with Crippen LogP contribution in [0.25, 0.3) is 0 Å². The van der Waals surface area contributed by atoms with E-state index in [1.807, 2.05) is 45.9 Å². The highest BCUT2D eigenvalue weighted by atomic mass is 79.9. The average Bonchev–Trinajstić information content (AvgIpc) is 3.57. The van der Waals surface area contributed by atoms with Gasteiger partial charge in [-0.15, -0.1) is 13.2 Å². The Bertz CT molecular complexity index is 1310. The number of carbonyl (C=O) groups excluding carboxylic acids is 4. The van der Waals surface area contributed by atoms with Crippen LogP contribution in [-0.2, 0) is 28.7 Å². The molecule has 11 heteroatoms. The molecule has 0 saturated carbocycles. The normalized spacial score (nSPS) is 28.0. The molecular weight excluding hydrogens is 642 g/mol. The van der Waals surface area contributed by atoms with Crippen molar-refractivity contribution in [1.29, 1.82) is 0 Å². The van der Waals surface area contributed by atoms with Gasteiger partial charge in [-0.2, -0.15) is 0 Å². The molecule has 3 amide bonds. The maximum atomic E-state index is 14.9. The second-order valence-electron chi connectivity index (χ2n) is 12.8. The van der Waals surface area contributed by atoms with Crippen LogP contribution in [0.2, 0.25) is 0 Å². The van der Waals surface area contributed by atoms with Crippen molar-refractivity contribution in [1.82, 2.24) is 10.2 Å². The standard InChI is InChI=1S/C34H46BrN3O7/c1-8-10-14-25(40)36-17-22(7)44-33(43)26-27-31(41)38(24(18-39)19(3)4)30(34(27)16-23(35)29(26)45-34)32(42)37(15-9-2)28-20(5)12-11-13-21(28)6/h8-9,11-13,19,22-24,26-27,29-30,39H,1-2,10,14-18H2,3-7H3,(H,36,40)/t22-,23?,24+,26-,27+,29-,30-,34+/m1/s1. The fourth-order valence-corrected chi connectivity index (χ4v) is 8.23. The highest BCUT2D eigenvalue weighted by Crippen LogP contribution is 2.61. The number of aryl methyl sites for hydroxylation is 2. The molecule has 1 unspecified atom stereocenters. The fraction of sp³-hybridized carbons (Fsp3) is 0.588. The van der Waals surface area contributed by atoms with E-state index in [4.69, 9.17) is 9.47 Å². The van der Waals surface area contributed by atoms with Gasteiger partial charge in [0.05, 0.1) is 37.1 Å². The van der Waals surface area contributed by atoms with Crippen molar-refractivity contribution in [2.75, 3.05) is 24.6 Å². The SMILES string of the molecule is C=CCCC(=O)NC[C@@H](C)OC(=O)[C@H]1[C@@H]2O[C@@]3(CC2Br)[C@@H]1C(=O)N([C@@H](CO)C(C)C)[C@@H]3C(=O)N(CC=C)c1c(C)cccc1C. The number of hydrogen-bond acceptors (Lipinski definition) is 7. The van der Waals surface area contributed by atoms with E-state index in [0.29, 0.717) is 12.8 Å². The van der Waals surface area contributed by atoms with E-state index < -0.39 is 53.6 Å². The molecule has 10 nitrogen and oxygen atoms in total. The van der Waals surface area contributed by atoms with Crippen molar-refractivity contribution in [2.45, 2.75) is 88.6 Å². The molecule has 4 rings (SSSR count). The molecule has 2 bridgehead atoms. The zero-order chi connectivity index (χ0) is 33.2. The third kappa shape index (κ3) is 6.36. The first-order valence-corrected chi connectivity index (χ1v) is 16.6. The molecule has 3 fully saturated rings. The van der Waals surface area contributed by atoms with Crippen molar-refractivity contribution in [2.24, 2.45) is 17.8 Å². The Morgan fingerprint density at radius 2 is 1.89 bits per heavy atom. The number of halogens is 1. The number of fused-ring (bicyclic) bond motifs is 1. The van der Waals surface area contributed by atoms with Gasteiger partial charge in [-0.1, -0.05) is 60.1 Å². The molecule has 1 aromatic carbocycles. The Kier molecular flexibility index (Phi) is 11.0. The van der Waals surface area contributed by atoms with Crippen molar-refractivity contribution in [3.05, 3.63) is 54.6 Å². The minimum Gasteiger partial charge on any atom is -0.460 e. The lowest BCUT2D eigenvalue weighted by atomic mass is 9.70. The van der Waals surface area contributed by atoms with Crippen LogP contribution in [0.3, 0.4) is 0 Å². The van der Waals surface area contributed by atoms with E-state index >= 15 is 0 Å². The van der Waals surface area contributed by atoms with Crippen LogP contribution >= 0.6 is 15.9 Å². The molecule has 1 aromatic rings. The number of amides is 3. The summed E-state index contributed by atoms with van der Waals surface area (Å²) >= 11 is 3.69. The second-order valence-corrected chi connectivity index (χ2v) is 13.9. The van der Waals surface area contributed by atoms with Crippen molar-refractivity contribution >= 4 is 45.3 Å². The van der Waals surface area contributed by atoms with E-state index in [1.165, 1.54) is 4.90 Å². The van der Waals surface area contributed by atoms with E-state index in [0.717, 1.165) is 16.8 Å². The van der Waals surface area contributed by atoms with Gasteiger partial charge >= 0.3 is 5.97 Å². The van der Waals surface area contributed by atoms with Gasteiger partial charge < -0.3 is 29.7 Å². The number of rotatable bonds is 14. The highest BCUT2D eigenvalue weighted by molar-refractivity contribution is 9.09. The molecule has 0 radical (unpaired) electrons. The topological polar surface area (TPSA) is 125 Å². The number of carbonyl (C=O) groups is 4. The van der Waals surface area contributed by atoms with Crippen LogP contribution in [0.1, 0.15) is 51.2 Å². The summed E-state index contributed by atoms with van der Waals surface area (Å²) in [6.07, 6.45) is 3.09. The Morgan fingerprint density at radius 1 is 1.22 bits per heavy atom. The summed E-state index contributed by atoms with van der Waals surface area (Å²) in [5.74, 6) is -3.71. The van der Waals surface area contributed by atoms with Gasteiger partial charge in [-0.25, -0.2) is 0 Å². The number of aliphatic hydroxyl groups excluding tert-OH is 1. The number of likely N-dealkylation sites (tertiary alicyclic amines) is 1. The molecule has 246 valence electrons. The number of anilines is 1. The largest absolute Gasteiger partial charge is 0.460 e. The van der Waals surface area contributed by atoms with Crippen LogP contribution in [0.15, 0.2) is 43.5 Å². The number of esters is 1. The molecule has 3 heterocycles. The van der Waals surface area contributed by atoms with E-state index in [9.17, 15) is 24.3 Å². The van der Waals surface area contributed by atoms with Gasteiger partial charge in [-0.05, 0) is 50.7 Å². The zero-order valence-corrected chi connectivity index (χ0v) is 28.4. The molecular formula is C34H46BrN3O7. The van der Waals surface area contributed by atoms with Gasteiger partial charge in [0.25, 0.3) is 5.91 Å². The van der Waals surface area contributed by atoms with Crippen LogP contribution < -0.4 is 10.2 Å². The number of nitrogens with zero attached hydrogens (tertiary/aromatic N) is 2. The maximum Gasteiger partial charge on any atom is 0.312 e. The van der Waals surface area contributed by atoms with Crippen LogP contribution in [0.5, 0.6) is 0 Å².